The molecule has 1 atom stereocenters. The molecule has 0 unspecified atom stereocenters. The smallest absolute Gasteiger partial charge is 0.257 e. The zero-order valence-electron chi connectivity index (χ0n) is 10.3. The number of nitrogens with zero attached hydrogens (tertiary/aromatic N) is 1. The van der Waals surface area contributed by atoms with Crippen LogP contribution in [0, 0.1) is 16.7 Å². The maximum absolute atomic E-state index is 12.3. The third-order valence-corrected chi connectivity index (χ3v) is 2.53. The molecule has 1 N–H and O–H groups in total. The van der Waals surface area contributed by atoms with Gasteiger partial charge in [0.1, 0.15) is 6.07 Å². The third kappa shape index (κ3) is 2.45. The molecule has 0 aliphatic heterocycles. The molecule has 0 spiro atoms. The van der Waals surface area contributed by atoms with Gasteiger partial charge >= 0.3 is 0 Å². The molecule has 94 valence electrons. The highest BCUT2D eigenvalue weighted by molar-refractivity contribution is 6.21. The number of methoxy groups -OCH3 is 2. The second kappa shape index (κ2) is 6.05. The van der Waals surface area contributed by atoms with Crippen molar-refractivity contribution in [2.75, 3.05) is 20.8 Å². The number of carbonyl (C=O) groups excluding carboxylic acids is 1. The average molecular weight is 246 g/mol. The van der Waals surface area contributed by atoms with E-state index in [-0.39, 0.29) is 12.3 Å². The van der Waals surface area contributed by atoms with E-state index < -0.39 is 11.4 Å². The number of hydrogen-bond donors (Lipinski definition) is 1. The fraction of sp³-hybridized carbons (Fsp3) is 0.308. The largest absolute Gasteiger partial charge is 0.379 e. The summed E-state index contributed by atoms with van der Waals surface area (Å²) in [6.07, 6.45) is 0. The van der Waals surface area contributed by atoms with Crippen molar-refractivity contribution in [3.05, 3.63) is 35.9 Å². The van der Waals surface area contributed by atoms with Gasteiger partial charge in [0.25, 0.3) is 5.60 Å². The molecule has 1 aromatic carbocycles. The fourth-order valence-electron chi connectivity index (χ4n) is 1.56. The van der Waals surface area contributed by atoms with Crippen molar-refractivity contribution in [3.63, 3.8) is 0 Å². The predicted molar refractivity (Wildman–Crippen MR) is 65.7 cm³/mol. The molecule has 0 aromatic heterocycles. The topological polar surface area (TPSA) is 83.2 Å². The number of ether oxygens (including phenoxy) is 2. The van der Waals surface area contributed by atoms with E-state index in [0.717, 1.165) is 0 Å². The summed E-state index contributed by atoms with van der Waals surface area (Å²) < 4.78 is 9.79. The molecule has 1 aromatic rings. The molecule has 0 saturated heterocycles. The van der Waals surface area contributed by atoms with E-state index in [1.165, 1.54) is 14.2 Å². The summed E-state index contributed by atoms with van der Waals surface area (Å²) in [7, 11) is 2.62. The van der Waals surface area contributed by atoms with E-state index in [9.17, 15) is 10.1 Å². The SMILES string of the molecule is COCC(=N)[C@@](C#N)(OC)C(=O)c1ccccc1. The lowest BCUT2D eigenvalue weighted by Gasteiger charge is -2.24. The van der Waals surface area contributed by atoms with Crippen LogP contribution in [0.3, 0.4) is 0 Å². The van der Waals surface area contributed by atoms with E-state index in [4.69, 9.17) is 14.9 Å². The Hall–Kier alpha value is -2.03. The Morgan fingerprint density at radius 3 is 2.44 bits per heavy atom. The maximum Gasteiger partial charge on any atom is 0.257 e. The lowest BCUT2D eigenvalue weighted by atomic mass is 9.89. The van der Waals surface area contributed by atoms with E-state index in [1.807, 2.05) is 0 Å². The molecule has 0 aliphatic carbocycles. The van der Waals surface area contributed by atoms with Gasteiger partial charge in [-0.05, 0) is 0 Å². The Kier molecular flexibility index (Phi) is 4.72. The van der Waals surface area contributed by atoms with Crippen LogP contribution in [0.2, 0.25) is 0 Å². The normalized spacial score (nSPS) is 13.4. The summed E-state index contributed by atoms with van der Waals surface area (Å²) in [6.45, 7) is -0.139. The summed E-state index contributed by atoms with van der Waals surface area (Å²) in [4.78, 5) is 12.3. The van der Waals surface area contributed by atoms with Gasteiger partial charge in [0, 0.05) is 19.8 Å². The quantitative estimate of drug-likeness (QED) is 0.608. The van der Waals surface area contributed by atoms with Crippen molar-refractivity contribution in [1.29, 1.82) is 10.7 Å². The van der Waals surface area contributed by atoms with Crippen LogP contribution in [0.15, 0.2) is 30.3 Å². The Labute approximate surface area is 105 Å². The van der Waals surface area contributed by atoms with Gasteiger partial charge in [-0.15, -0.1) is 0 Å². The molecule has 5 heteroatoms. The lowest BCUT2D eigenvalue weighted by Crippen LogP contribution is -2.48. The third-order valence-electron chi connectivity index (χ3n) is 2.53. The van der Waals surface area contributed by atoms with Crippen LogP contribution in [0.4, 0.5) is 0 Å². The highest BCUT2D eigenvalue weighted by Crippen LogP contribution is 2.19. The van der Waals surface area contributed by atoms with E-state index in [0.29, 0.717) is 5.56 Å². The summed E-state index contributed by atoms with van der Waals surface area (Å²) >= 11 is 0. The minimum Gasteiger partial charge on any atom is -0.379 e. The Morgan fingerprint density at radius 1 is 1.39 bits per heavy atom. The number of nitrogens with one attached hydrogen (secondary N) is 1. The molecule has 0 bridgehead atoms. The van der Waals surface area contributed by atoms with Gasteiger partial charge in [-0.3, -0.25) is 4.79 Å². The number of nitriles is 1. The van der Waals surface area contributed by atoms with Crippen molar-refractivity contribution in [2.24, 2.45) is 0 Å². The number of ketones is 1. The van der Waals surface area contributed by atoms with Crippen LogP contribution in [0.5, 0.6) is 0 Å². The molecule has 18 heavy (non-hydrogen) atoms. The fourth-order valence-corrected chi connectivity index (χ4v) is 1.56. The molecule has 1 rings (SSSR count). The van der Waals surface area contributed by atoms with Crippen LogP contribution >= 0.6 is 0 Å². The van der Waals surface area contributed by atoms with E-state index >= 15 is 0 Å². The van der Waals surface area contributed by atoms with Crippen molar-refractivity contribution in [1.82, 2.24) is 0 Å². The second-order valence-electron chi connectivity index (χ2n) is 3.60. The number of carbonyl (C=O) groups is 1. The minimum atomic E-state index is -1.92. The maximum atomic E-state index is 12.3. The Balaban J connectivity index is 3.18. The van der Waals surface area contributed by atoms with E-state index in [2.05, 4.69) is 0 Å². The lowest BCUT2D eigenvalue weighted by molar-refractivity contribution is 0.0556. The van der Waals surface area contributed by atoms with Crippen molar-refractivity contribution in [3.8, 4) is 6.07 Å². The summed E-state index contributed by atoms with van der Waals surface area (Å²) in [5, 5.41) is 17.0. The predicted octanol–water partition coefficient (Wildman–Crippen LogP) is 1.44. The number of rotatable bonds is 6. The Bertz CT molecular complexity index is 479. The zero-order valence-corrected chi connectivity index (χ0v) is 10.3. The number of hydrogen-bond acceptors (Lipinski definition) is 5. The summed E-state index contributed by atoms with van der Waals surface area (Å²) in [5.74, 6) is -0.560. The molecule has 0 fully saturated rings. The monoisotopic (exact) mass is 246 g/mol. The highest BCUT2D eigenvalue weighted by atomic mass is 16.5. The van der Waals surface area contributed by atoms with Gasteiger partial charge < -0.3 is 14.9 Å². The standard InChI is InChI=1S/C13H14N2O3/c1-17-8-11(15)13(9-14,18-2)12(16)10-6-4-3-5-7-10/h3-7,15H,8H2,1-2H3/t13-/m1/s1. The molecule has 0 saturated carbocycles. The van der Waals surface area contributed by atoms with Crippen LogP contribution in [0.25, 0.3) is 0 Å². The first-order chi connectivity index (χ1) is 8.62. The van der Waals surface area contributed by atoms with Crippen molar-refractivity contribution >= 4 is 11.5 Å². The first-order valence-electron chi connectivity index (χ1n) is 5.25. The van der Waals surface area contributed by atoms with E-state index in [1.54, 1.807) is 36.4 Å². The number of Topliss-reactive ketones (excluding diaryl/α,β-unsaturated/α-hetero) is 1. The molecular weight excluding hydrogens is 232 g/mol. The van der Waals surface area contributed by atoms with Crippen LogP contribution < -0.4 is 0 Å². The van der Waals surface area contributed by atoms with Crippen LogP contribution in [0.1, 0.15) is 10.4 Å². The molecule has 0 amide bonds. The number of benzene rings is 1. The molecule has 0 heterocycles. The van der Waals surface area contributed by atoms with Gasteiger partial charge in [-0.2, -0.15) is 5.26 Å². The van der Waals surface area contributed by atoms with Crippen molar-refractivity contribution in [2.45, 2.75) is 5.60 Å². The molecule has 0 radical (unpaired) electrons. The van der Waals surface area contributed by atoms with Crippen molar-refractivity contribution < 1.29 is 14.3 Å². The van der Waals surface area contributed by atoms with Gasteiger partial charge in [0.05, 0.1) is 12.3 Å². The first-order valence-corrected chi connectivity index (χ1v) is 5.25. The van der Waals surface area contributed by atoms with Crippen LogP contribution in [-0.2, 0) is 9.47 Å². The highest BCUT2D eigenvalue weighted by Gasteiger charge is 2.44. The van der Waals surface area contributed by atoms with Gasteiger partial charge in [0.15, 0.2) is 0 Å². The van der Waals surface area contributed by atoms with Gasteiger partial charge in [-0.1, -0.05) is 30.3 Å². The second-order valence-corrected chi connectivity index (χ2v) is 3.60. The van der Waals surface area contributed by atoms with Gasteiger partial charge in [-0.25, -0.2) is 0 Å². The van der Waals surface area contributed by atoms with Crippen LogP contribution in [-0.4, -0.2) is 37.9 Å². The average Bonchev–Trinajstić information content (AvgIpc) is 2.42. The minimum absolute atomic E-state index is 0.139. The van der Waals surface area contributed by atoms with Gasteiger partial charge in [0.2, 0.25) is 5.78 Å². The Morgan fingerprint density at radius 2 is 2.00 bits per heavy atom. The summed E-state index contributed by atoms with van der Waals surface area (Å²) in [5.41, 5.74) is -1.82. The first kappa shape index (κ1) is 14.0. The summed E-state index contributed by atoms with van der Waals surface area (Å²) in [6, 6.07) is 10.1. The molecule has 5 nitrogen and oxygen atoms in total. The zero-order chi connectivity index (χ0) is 13.6. The molecule has 0 aliphatic rings. The molecular formula is C13H14N2O3.